The second kappa shape index (κ2) is 11.7. The van der Waals surface area contributed by atoms with Crippen molar-refractivity contribution in [2.24, 2.45) is 0 Å². The van der Waals surface area contributed by atoms with Gasteiger partial charge in [-0.3, -0.25) is 9.97 Å². The molecule has 6 aromatic rings. The Hall–Kier alpha value is -4.55. The number of fused-ring (bicyclic) bond motifs is 2. The number of nitrogens with one attached hydrogen (secondary N) is 1. The molecule has 188 valence electrons. The first-order valence-electron chi connectivity index (χ1n) is 12.1. The van der Waals surface area contributed by atoms with Gasteiger partial charge in [-0.25, -0.2) is 9.97 Å². The van der Waals surface area contributed by atoms with Crippen molar-refractivity contribution in [2.45, 2.75) is 13.5 Å². The van der Waals surface area contributed by atoms with Gasteiger partial charge in [0, 0.05) is 54.5 Å². The molecule has 0 atom stereocenters. The normalized spacial score (nSPS) is 10.6. The number of benzene rings is 2. The molecule has 0 aliphatic rings. The number of hydrogen-bond acceptors (Lipinski definition) is 6. The molecule has 0 spiro atoms. The molecule has 2 aromatic carbocycles. The lowest BCUT2D eigenvalue weighted by Crippen LogP contribution is -2.02. The summed E-state index contributed by atoms with van der Waals surface area (Å²) in [6.45, 7) is 2.77. The highest BCUT2D eigenvalue weighted by Crippen LogP contribution is 2.27. The standard InChI is InChI=1S/C23H21N3O.C8H5ClN2/c1-16-13-20(7-8-22(16)27-2)18-5-3-17(4-6-18)14-26-23-21-15-24-11-9-19(21)10-12-25-23;9-8-7-5-10-3-1-6(7)2-4-11-8/h3-13,15H,14H2,1-2H3,(H,25,26);1-5H. The zero-order valence-electron chi connectivity index (χ0n) is 21.1. The summed E-state index contributed by atoms with van der Waals surface area (Å²) in [5, 5.41) is 8.06. The number of aromatic nitrogens is 4. The number of hydrogen-bond donors (Lipinski definition) is 1. The number of rotatable bonds is 5. The first-order valence-corrected chi connectivity index (χ1v) is 12.5. The Morgan fingerprint density at radius 1 is 0.737 bits per heavy atom. The molecule has 1 N–H and O–H groups in total. The molecule has 0 fully saturated rings. The van der Waals surface area contributed by atoms with Gasteiger partial charge in [0.1, 0.15) is 16.7 Å². The third-order valence-electron chi connectivity index (χ3n) is 6.23. The van der Waals surface area contributed by atoms with Crippen LogP contribution in [0.1, 0.15) is 11.1 Å². The van der Waals surface area contributed by atoms with E-state index in [9.17, 15) is 0 Å². The van der Waals surface area contributed by atoms with E-state index in [1.807, 2.05) is 42.7 Å². The van der Waals surface area contributed by atoms with E-state index in [1.165, 1.54) is 16.7 Å². The topological polar surface area (TPSA) is 72.8 Å². The Bertz CT molecular complexity index is 1680. The number of halogens is 1. The molecular formula is C31H26ClN5O. The van der Waals surface area contributed by atoms with E-state index < -0.39 is 0 Å². The van der Waals surface area contributed by atoms with Crippen LogP contribution in [0.2, 0.25) is 5.15 Å². The maximum Gasteiger partial charge on any atom is 0.138 e. The predicted molar refractivity (Wildman–Crippen MR) is 155 cm³/mol. The van der Waals surface area contributed by atoms with E-state index in [2.05, 4.69) is 68.6 Å². The molecular weight excluding hydrogens is 494 g/mol. The number of aryl methyl sites for hydroxylation is 1. The summed E-state index contributed by atoms with van der Waals surface area (Å²) >= 11 is 5.81. The van der Waals surface area contributed by atoms with Gasteiger partial charge in [-0.1, -0.05) is 41.9 Å². The molecule has 7 heteroatoms. The third-order valence-corrected chi connectivity index (χ3v) is 6.53. The van der Waals surface area contributed by atoms with Crippen molar-refractivity contribution >= 4 is 39.0 Å². The lowest BCUT2D eigenvalue weighted by atomic mass is 10.0. The van der Waals surface area contributed by atoms with Crippen molar-refractivity contribution in [3.05, 3.63) is 120 Å². The number of pyridine rings is 4. The summed E-state index contributed by atoms with van der Waals surface area (Å²) in [5.74, 6) is 1.77. The van der Waals surface area contributed by atoms with Crippen molar-refractivity contribution in [2.75, 3.05) is 12.4 Å². The largest absolute Gasteiger partial charge is 0.496 e. The van der Waals surface area contributed by atoms with Gasteiger partial charge in [-0.05, 0) is 76.3 Å². The smallest absolute Gasteiger partial charge is 0.138 e. The number of ether oxygens (including phenoxy) is 1. The highest BCUT2D eigenvalue weighted by atomic mass is 35.5. The van der Waals surface area contributed by atoms with Gasteiger partial charge < -0.3 is 10.1 Å². The summed E-state index contributed by atoms with van der Waals surface area (Å²) in [6.07, 6.45) is 10.6. The van der Waals surface area contributed by atoms with Crippen LogP contribution in [0.5, 0.6) is 5.75 Å². The van der Waals surface area contributed by atoms with Crippen LogP contribution in [-0.2, 0) is 6.54 Å². The molecule has 0 aliphatic carbocycles. The monoisotopic (exact) mass is 519 g/mol. The Balaban J connectivity index is 0.000000222. The van der Waals surface area contributed by atoms with Gasteiger partial charge >= 0.3 is 0 Å². The number of methoxy groups -OCH3 is 1. The second-order valence-electron chi connectivity index (χ2n) is 8.69. The van der Waals surface area contributed by atoms with Crippen LogP contribution in [0.25, 0.3) is 32.7 Å². The minimum Gasteiger partial charge on any atom is -0.496 e. The zero-order valence-corrected chi connectivity index (χ0v) is 21.9. The molecule has 0 saturated heterocycles. The lowest BCUT2D eigenvalue weighted by Gasteiger charge is -2.10. The van der Waals surface area contributed by atoms with Crippen LogP contribution in [0.15, 0.2) is 104 Å². The average molecular weight is 520 g/mol. The molecule has 6 nitrogen and oxygen atoms in total. The maximum atomic E-state index is 5.81. The zero-order chi connectivity index (χ0) is 26.3. The van der Waals surface area contributed by atoms with Gasteiger partial charge in [0.2, 0.25) is 0 Å². The summed E-state index contributed by atoms with van der Waals surface area (Å²) in [4.78, 5) is 16.5. The Kier molecular flexibility index (Phi) is 7.71. The third kappa shape index (κ3) is 5.71. The van der Waals surface area contributed by atoms with Crippen LogP contribution in [0.4, 0.5) is 5.82 Å². The van der Waals surface area contributed by atoms with E-state index in [1.54, 1.807) is 31.9 Å². The fourth-order valence-corrected chi connectivity index (χ4v) is 4.40. The van der Waals surface area contributed by atoms with Gasteiger partial charge in [0.25, 0.3) is 0 Å². The highest BCUT2D eigenvalue weighted by molar-refractivity contribution is 6.34. The maximum absolute atomic E-state index is 5.81. The molecule has 0 amide bonds. The van der Waals surface area contributed by atoms with Gasteiger partial charge in [-0.2, -0.15) is 0 Å². The minimum atomic E-state index is 0.510. The van der Waals surface area contributed by atoms with Gasteiger partial charge in [0.05, 0.1) is 7.11 Å². The van der Waals surface area contributed by atoms with Crippen molar-refractivity contribution in [1.29, 1.82) is 0 Å². The SMILES string of the molecule is COc1ccc(-c2ccc(CNc3nccc4ccncc34)cc2)cc1C.Clc1nccc2ccncc12. The van der Waals surface area contributed by atoms with Crippen LogP contribution < -0.4 is 10.1 Å². The van der Waals surface area contributed by atoms with E-state index in [0.29, 0.717) is 11.7 Å². The van der Waals surface area contributed by atoms with E-state index >= 15 is 0 Å². The molecule has 4 heterocycles. The Morgan fingerprint density at radius 2 is 1.37 bits per heavy atom. The highest BCUT2D eigenvalue weighted by Gasteiger charge is 2.05. The van der Waals surface area contributed by atoms with E-state index in [4.69, 9.17) is 16.3 Å². The average Bonchev–Trinajstić information content (AvgIpc) is 2.97. The Labute approximate surface area is 226 Å². The first kappa shape index (κ1) is 25.1. The molecule has 6 rings (SSSR count). The lowest BCUT2D eigenvalue weighted by molar-refractivity contribution is 0.412. The Morgan fingerprint density at radius 3 is 2.05 bits per heavy atom. The fraction of sp³-hybridized carbons (Fsp3) is 0.0968. The summed E-state index contributed by atoms with van der Waals surface area (Å²) < 4.78 is 5.34. The van der Waals surface area contributed by atoms with Crippen molar-refractivity contribution in [3.8, 4) is 16.9 Å². The summed E-state index contributed by atoms with van der Waals surface area (Å²) in [7, 11) is 1.70. The van der Waals surface area contributed by atoms with Crippen LogP contribution >= 0.6 is 11.6 Å². The summed E-state index contributed by atoms with van der Waals surface area (Å²) in [6, 6.07) is 22.6. The van der Waals surface area contributed by atoms with Crippen molar-refractivity contribution < 1.29 is 4.74 Å². The van der Waals surface area contributed by atoms with Crippen LogP contribution in [0.3, 0.4) is 0 Å². The fourth-order valence-electron chi connectivity index (χ4n) is 4.19. The predicted octanol–water partition coefficient (Wildman–Crippen LogP) is 7.51. The minimum absolute atomic E-state index is 0.510. The van der Waals surface area contributed by atoms with Gasteiger partial charge in [-0.15, -0.1) is 0 Å². The molecule has 0 bridgehead atoms. The second-order valence-corrected chi connectivity index (χ2v) is 9.05. The first-order chi connectivity index (χ1) is 18.6. The summed E-state index contributed by atoms with van der Waals surface area (Å²) in [5.41, 5.74) is 4.72. The molecule has 0 radical (unpaired) electrons. The quantitative estimate of drug-likeness (QED) is 0.238. The van der Waals surface area contributed by atoms with E-state index in [-0.39, 0.29) is 0 Å². The van der Waals surface area contributed by atoms with Crippen molar-refractivity contribution in [3.63, 3.8) is 0 Å². The van der Waals surface area contributed by atoms with Crippen molar-refractivity contribution in [1.82, 2.24) is 19.9 Å². The number of anilines is 1. The van der Waals surface area contributed by atoms with E-state index in [0.717, 1.165) is 38.7 Å². The van der Waals surface area contributed by atoms with Crippen LogP contribution in [-0.4, -0.2) is 27.0 Å². The molecule has 4 aromatic heterocycles. The van der Waals surface area contributed by atoms with Gasteiger partial charge in [0.15, 0.2) is 0 Å². The molecule has 38 heavy (non-hydrogen) atoms. The molecule has 0 saturated carbocycles. The van der Waals surface area contributed by atoms with Crippen LogP contribution in [0, 0.1) is 6.92 Å². The number of nitrogens with zero attached hydrogens (tertiary/aromatic N) is 4. The molecule has 0 aliphatic heterocycles. The molecule has 0 unspecified atom stereocenters.